The smallest absolute Gasteiger partial charge is 0.270 e. The molecule has 0 aliphatic heterocycles. The van der Waals surface area contributed by atoms with Gasteiger partial charge in [-0.1, -0.05) is 23.7 Å². The summed E-state index contributed by atoms with van der Waals surface area (Å²) in [5.74, 6) is 0. The van der Waals surface area contributed by atoms with Crippen molar-refractivity contribution in [1.82, 2.24) is 0 Å². The van der Waals surface area contributed by atoms with E-state index in [-0.39, 0.29) is 11.3 Å². The number of nitriles is 1. The van der Waals surface area contributed by atoms with E-state index in [1.54, 1.807) is 12.1 Å². The van der Waals surface area contributed by atoms with Crippen molar-refractivity contribution in [3.05, 3.63) is 68.7 Å². The Morgan fingerprint density at radius 2 is 2.10 bits per heavy atom. The second-order valence-electron chi connectivity index (χ2n) is 4.56. The Labute approximate surface area is 127 Å². The molecule has 2 aromatic rings. The Morgan fingerprint density at radius 1 is 1.33 bits per heavy atom. The van der Waals surface area contributed by atoms with E-state index in [2.05, 4.69) is 0 Å². The zero-order valence-electron chi connectivity index (χ0n) is 11.3. The summed E-state index contributed by atoms with van der Waals surface area (Å²) in [5, 5.41) is 20.6. The molecule has 0 aromatic heterocycles. The summed E-state index contributed by atoms with van der Waals surface area (Å²) in [6, 6.07) is 13.7. The molecule has 0 bridgehead atoms. The van der Waals surface area contributed by atoms with Gasteiger partial charge in [0.05, 0.1) is 16.2 Å². The van der Waals surface area contributed by atoms with Crippen molar-refractivity contribution < 1.29 is 4.92 Å². The number of nitrogens with zero attached hydrogens (tertiary/aromatic N) is 3. The maximum absolute atomic E-state index is 10.7. The summed E-state index contributed by atoms with van der Waals surface area (Å²) < 4.78 is 0. The van der Waals surface area contributed by atoms with Crippen molar-refractivity contribution in [2.45, 2.75) is 6.54 Å². The van der Waals surface area contributed by atoms with Crippen molar-refractivity contribution in [2.75, 3.05) is 11.9 Å². The molecule has 0 spiro atoms. The topological polar surface area (TPSA) is 70.2 Å². The molecule has 21 heavy (non-hydrogen) atoms. The minimum absolute atomic E-state index is 0.0912. The molecule has 2 aromatic carbocycles. The lowest BCUT2D eigenvalue weighted by Gasteiger charge is -2.20. The van der Waals surface area contributed by atoms with Gasteiger partial charge in [-0.3, -0.25) is 10.1 Å². The van der Waals surface area contributed by atoms with Crippen molar-refractivity contribution in [3.8, 4) is 6.07 Å². The number of hydrogen-bond donors (Lipinski definition) is 0. The van der Waals surface area contributed by atoms with Crippen LogP contribution < -0.4 is 4.90 Å². The summed E-state index contributed by atoms with van der Waals surface area (Å²) in [6.07, 6.45) is 0. The maximum Gasteiger partial charge on any atom is 0.270 e. The van der Waals surface area contributed by atoms with Crippen LogP contribution in [0.4, 0.5) is 11.4 Å². The highest BCUT2D eigenvalue weighted by molar-refractivity contribution is 6.30. The highest BCUT2D eigenvalue weighted by Gasteiger charge is 2.13. The van der Waals surface area contributed by atoms with Gasteiger partial charge in [0.25, 0.3) is 5.69 Å². The largest absolute Gasteiger partial charge is 0.369 e. The van der Waals surface area contributed by atoms with Crippen LogP contribution in [0.3, 0.4) is 0 Å². The number of halogens is 1. The average Bonchev–Trinajstić information content (AvgIpc) is 2.46. The van der Waals surface area contributed by atoms with Gasteiger partial charge in [-0.2, -0.15) is 5.26 Å². The molecule has 0 N–H and O–H groups in total. The van der Waals surface area contributed by atoms with E-state index in [9.17, 15) is 10.1 Å². The van der Waals surface area contributed by atoms with E-state index in [1.807, 2.05) is 36.2 Å². The standard InChI is InChI=1S/C15H12ClN3O2/c1-18(10-11-3-2-4-13(16)7-11)15-6-5-14(19(20)21)8-12(15)9-17/h2-8H,10H2,1H3. The highest BCUT2D eigenvalue weighted by Crippen LogP contribution is 2.25. The first-order valence-electron chi connectivity index (χ1n) is 6.15. The predicted molar refractivity (Wildman–Crippen MR) is 81.4 cm³/mol. The van der Waals surface area contributed by atoms with Gasteiger partial charge in [0.2, 0.25) is 0 Å². The molecule has 5 nitrogen and oxygen atoms in total. The minimum atomic E-state index is -0.512. The quantitative estimate of drug-likeness (QED) is 0.637. The lowest BCUT2D eigenvalue weighted by atomic mass is 10.1. The van der Waals surface area contributed by atoms with Gasteiger partial charge in [-0.05, 0) is 23.8 Å². The predicted octanol–water partition coefficient (Wildman–Crippen LogP) is 3.76. The highest BCUT2D eigenvalue weighted by atomic mass is 35.5. The van der Waals surface area contributed by atoms with Crippen LogP contribution >= 0.6 is 11.6 Å². The number of nitro benzene ring substituents is 1. The molecule has 106 valence electrons. The maximum atomic E-state index is 10.7. The molecule has 0 atom stereocenters. The fraction of sp³-hybridized carbons (Fsp3) is 0.133. The van der Waals surface area contributed by atoms with Crippen LogP contribution in [0.5, 0.6) is 0 Å². The van der Waals surface area contributed by atoms with Gasteiger partial charge in [-0.25, -0.2) is 0 Å². The summed E-state index contributed by atoms with van der Waals surface area (Å²) in [6.45, 7) is 0.549. The second kappa shape index (κ2) is 6.25. The summed E-state index contributed by atoms with van der Waals surface area (Å²) in [5.41, 5.74) is 1.82. The van der Waals surface area contributed by atoms with Gasteiger partial charge in [0, 0.05) is 30.7 Å². The first-order chi connectivity index (χ1) is 10.0. The van der Waals surface area contributed by atoms with Gasteiger partial charge in [0.1, 0.15) is 6.07 Å². The molecule has 0 amide bonds. The minimum Gasteiger partial charge on any atom is -0.369 e. The normalized spacial score (nSPS) is 9.95. The molecule has 0 aliphatic carbocycles. The SMILES string of the molecule is CN(Cc1cccc(Cl)c1)c1ccc([N+](=O)[O-])cc1C#N. The average molecular weight is 302 g/mol. The first-order valence-corrected chi connectivity index (χ1v) is 6.53. The van der Waals surface area contributed by atoms with Gasteiger partial charge >= 0.3 is 0 Å². The van der Waals surface area contributed by atoms with Crippen LogP contribution in [0.15, 0.2) is 42.5 Å². The number of rotatable bonds is 4. The van der Waals surface area contributed by atoms with Crippen molar-refractivity contribution in [2.24, 2.45) is 0 Å². The fourth-order valence-corrected chi connectivity index (χ4v) is 2.27. The van der Waals surface area contributed by atoms with Crippen LogP contribution in [0, 0.1) is 21.4 Å². The van der Waals surface area contributed by atoms with Crippen LogP contribution in [-0.2, 0) is 6.54 Å². The number of nitro groups is 1. The molecule has 0 aliphatic rings. The van der Waals surface area contributed by atoms with Gasteiger partial charge in [0.15, 0.2) is 0 Å². The zero-order valence-corrected chi connectivity index (χ0v) is 12.0. The molecule has 0 saturated heterocycles. The fourth-order valence-electron chi connectivity index (χ4n) is 2.05. The molecule has 0 radical (unpaired) electrons. The van der Waals surface area contributed by atoms with E-state index >= 15 is 0 Å². The molecule has 0 saturated carbocycles. The number of non-ortho nitro benzene ring substituents is 1. The lowest BCUT2D eigenvalue weighted by molar-refractivity contribution is -0.384. The molecule has 0 fully saturated rings. The summed E-state index contributed by atoms with van der Waals surface area (Å²) in [4.78, 5) is 12.1. The molecule has 0 heterocycles. The Balaban J connectivity index is 2.29. The van der Waals surface area contributed by atoms with Crippen molar-refractivity contribution in [3.63, 3.8) is 0 Å². The van der Waals surface area contributed by atoms with Crippen LogP contribution in [0.1, 0.15) is 11.1 Å². The monoisotopic (exact) mass is 301 g/mol. The Hall–Kier alpha value is -2.58. The lowest BCUT2D eigenvalue weighted by Crippen LogP contribution is -2.17. The van der Waals surface area contributed by atoms with Crippen molar-refractivity contribution in [1.29, 1.82) is 5.26 Å². The Morgan fingerprint density at radius 3 is 2.71 bits per heavy atom. The zero-order chi connectivity index (χ0) is 15.4. The summed E-state index contributed by atoms with van der Waals surface area (Å²) >= 11 is 5.94. The summed E-state index contributed by atoms with van der Waals surface area (Å²) in [7, 11) is 1.82. The van der Waals surface area contributed by atoms with E-state index in [0.29, 0.717) is 17.3 Å². The van der Waals surface area contributed by atoms with Crippen molar-refractivity contribution >= 4 is 23.0 Å². The second-order valence-corrected chi connectivity index (χ2v) is 4.99. The van der Waals surface area contributed by atoms with Gasteiger partial charge < -0.3 is 4.90 Å². The van der Waals surface area contributed by atoms with E-state index in [1.165, 1.54) is 12.1 Å². The third-order valence-electron chi connectivity index (χ3n) is 3.03. The van der Waals surface area contributed by atoms with E-state index in [0.717, 1.165) is 5.56 Å². The molecular formula is C15H12ClN3O2. The Bertz CT molecular complexity index is 725. The van der Waals surface area contributed by atoms with E-state index < -0.39 is 4.92 Å². The molecule has 6 heteroatoms. The Kier molecular flexibility index (Phi) is 4.41. The molecule has 0 unspecified atom stereocenters. The third kappa shape index (κ3) is 3.50. The number of hydrogen-bond acceptors (Lipinski definition) is 4. The number of benzene rings is 2. The molecular weight excluding hydrogens is 290 g/mol. The van der Waals surface area contributed by atoms with Gasteiger partial charge in [-0.15, -0.1) is 0 Å². The van der Waals surface area contributed by atoms with Crippen LogP contribution in [-0.4, -0.2) is 12.0 Å². The van der Waals surface area contributed by atoms with Crippen LogP contribution in [0.2, 0.25) is 5.02 Å². The van der Waals surface area contributed by atoms with Crippen LogP contribution in [0.25, 0.3) is 0 Å². The first kappa shape index (κ1) is 14.8. The number of anilines is 1. The van der Waals surface area contributed by atoms with E-state index in [4.69, 9.17) is 16.9 Å². The molecule has 2 rings (SSSR count). The third-order valence-corrected chi connectivity index (χ3v) is 3.27.